The number of benzene rings is 3. The maximum absolute atomic E-state index is 10.5. The second-order valence-electron chi connectivity index (χ2n) is 10.3. The van der Waals surface area contributed by atoms with Gasteiger partial charge in [0.2, 0.25) is 0 Å². The zero-order chi connectivity index (χ0) is 28.2. The van der Waals surface area contributed by atoms with Gasteiger partial charge in [-0.15, -0.1) is 17.8 Å². The van der Waals surface area contributed by atoms with E-state index in [0.29, 0.717) is 13.1 Å². The standard InChI is InChI=1S/C27H28N4O3S.C6H4/c1-3-20-6-4-5-7-24(20)25-15-23(34-29-25)17-31-12-10-30(11-13-31)16-21(32)18-33-22-8-9-27-26(14-22)28-19(2)35-27;1-2-6-4-3-5(1)6/h1,4-9,14-15,21,32H,10-13,16-18H2,2H3;1-4H. The van der Waals surface area contributed by atoms with Crippen LogP contribution in [0.15, 0.2) is 77.3 Å². The van der Waals surface area contributed by atoms with Crippen LogP contribution < -0.4 is 4.74 Å². The van der Waals surface area contributed by atoms with Crippen LogP contribution in [0.4, 0.5) is 0 Å². The molecule has 0 saturated carbocycles. The summed E-state index contributed by atoms with van der Waals surface area (Å²) in [5.41, 5.74) is 3.42. The first-order valence-corrected chi connectivity index (χ1v) is 14.6. The third-order valence-corrected chi connectivity index (χ3v) is 8.31. The lowest BCUT2D eigenvalue weighted by Gasteiger charge is -2.35. The van der Waals surface area contributed by atoms with E-state index in [9.17, 15) is 5.11 Å². The highest BCUT2D eigenvalue weighted by molar-refractivity contribution is 7.18. The number of aromatic nitrogens is 2. The Labute approximate surface area is 243 Å². The van der Waals surface area contributed by atoms with Gasteiger partial charge in [-0.3, -0.25) is 9.80 Å². The lowest BCUT2D eigenvalue weighted by molar-refractivity contribution is 0.0430. The molecule has 7 rings (SSSR count). The molecule has 3 heterocycles. The predicted octanol–water partition coefficient (Wildman–Crippen LogP) is 5.09. The van der Waals surface area contributed by atoms with E-state index in [-0.39, 0.29) is 6.61 Å². The Hall–Kier alpha value is -4.00. The molecule has 7 nitrogen and oxygen atoms in total. The molecule has 2 aromatic carbocycles. The van der Waals surface area contributed by atoms with Gasteiger partial charge in [0.25, 0.3) is 0 Å². The van der Waals surface area contributed by atoms with Crippen LogP contribution in [0, 0.1) is 29.7 Å². The first-order chi connectivity index (χ1) is 20.0. The van der Waals surface area contributed by atoms with Crippen molar-refractivity contribution in [3.63, 3.8) is 0 Å². The molecule has 41 heavy (non-hydrogen) atoms. The molecule has 1 saturated heterocycles. The van der Waals surface area contributed by atoms with Gasteiger partial charge >= 0.3 is 0 Å². The maximum Gasteiger partial charge on any atom is 0.151 e. The number of thiazole rings is 1. The van der Waals surface area contributed by atoms with E-state index in [1.54, 1.807) is 11.3 Å². The number of hydrogen-bond acceptors (Lipinski definition) is 8. The molecule has 4 aromatic rings. The highest BCUT2D eigenvalue weighted by Gasteiger charge is 2.21. The molecule has 8 heteroatoms. The average molecular weight is 565 g/mol. The largest absolute Gasteiger partial charge is 0.491 e. The zero-order valence-electron chi connectivity index (χ0n) is 23.0. The van der Waals surface area contributed by atoms with Crippen molar-refractivity contribution in [2.24, 2.45) is 0 Å². The van der Waals surface area contributed by atoms with Crippen LogP contribution in [0.25, 0.3) is 21.5 Å². The molecule has 1 aliphatic heterocycles. The topological polar surface area (TPSA) is 74.9 Å². The van der Waals surface area contributed by atoms with E-state index in [1.807, 2.05) is 55.5 Å². The van der Waals surface area contributed by atoms with Gasteiger partial charge in [-0.2, -0.15) is 0 Å². The molecule has 1 fully saturated rings. The summed E-state index contributed by atoms with van der Waals surface area (Å²) in [7, 11) is 0. The minimum atomic E-state index is -0.553. The zero-order valence-corrected chi connectivity index (χ0v) is 23.8. The number of β-amino-alcohol motifs (C(OH)–C–C–N with tert-alkyl or cyclic N) is 1. The SMILES string of the molecule is C#Cc1ccccc1-c1cc(CN2CCN(CC(O)COc3ccc4sc(C)nc4c3)CC2)on1.c1cc2ccc1=2. The smallest absolute Gasteiger partial charge is 0.151 e. The molecule has 1 unspecified atom stereocenters. The molecule has 0 amide bonds. The second-order valence-corrected chi connectivity index (χ2v) is 11.6. The summed E-state index contributed by atoms with van der Waals surface area (Å²) in [5, 5.41) is 18.6. The highest BCUT2D eigenvalue weighted by atomic mass is 32.1. The summed E-state index contributed by atoms with van der Waals surface area (Å²) < 4.78 is 12.6. The molecule has 2 aromatic heterocycles. The number of ether oxygens (including phenoxy) is 1. The Balaban J connectivity index is 0.000000440. The number of aryl methyl sites for hydroxylation is 1. The van der Waals surface area contributed by atoms with Crippen LogP contribution in [0.5, 0.6) is 5.75 Å². The fraction of sp³-hybridized carbons (Fsp3) is 0.273. The number of piperazine rings is 1. The Morgan fingerprint density at radius 2 is 1.73 bits per heavy atom. The fourth-order valence-electron chi connectivity index (χ4n) is 5.02. The third kappa shape index (κ3) is 6.50. The van der Waals surface area contributed by atoms with Gasteiger partial charge in [0, 0.05) is 56.0 Å². The number of aliphatic hydroxyl groups excluding tert-OH is 1. The van der Waals surface area contributed by atoms with Crippen molar-refractivity contribution >= 4 is 21.6 Å². The van der Waals surface area contributed by atoms with Crippen LogP contribution in [-0.2, 0) is 6.54 Å². The number of terminal acetylenes is 1. The number of hydrogen-bond donors (Lipinski definition) is 1. The van der Waals surface area contributed by atoms with Crippen LogP contribution in [0.3, 0.4) is 0 Å². The highest BCUT2D eigenvalue weighted by Crippen LogP contribution is 2.26. The molecule has 1 N–H and O–H groups in total. The van der Waals surface area contributed by atoms with Gasteiger partial charge in [0.15, 0.2) is 5.76 Å². The fourth-order valence-corrected chi connectivity index (χ4v) is 5.82. The molecule has 0 spiro atoms. The summed E-state index contributed by atoms with van der Waals surface area (Å²) in [4.78, 5) is 9.11. The van der Waals surface area contributed by atoms with E-state index >= 15 is 0 Å². The first kappa shape index (κ1) is 27.2. The van der Waals surface area contributed by atoms with Gasteiger partial charge in [0.05, 0.1) is 21.8 Å². The van der Waals surface area contributed by atoms with Crippen molar-refractivity contribution in [2.45, 2.75) is 19.6 Å². The van der Waals surface area contributed by atoms with Crippen molar-refractivity contribution in [2.75, 3.05) is 39.3 Å². The maximum atomic E-state index is 10.5. The number of aliphatic hydroxyl groups is 1. The van der Waals surface area contributed by atoms with E-state index in [1.165, 1.54) is 10.4 Å². The number of nitrogens with zero attached hydrogens (tertiary/aromatic N) is 4. The van der Waals surface area contributed by atoms with Gasteiger partial charge in [-0.1, -0.05) is 53.5 Å². The molecule has 1 atom stereocenters. The monoisotopic (exact) mass is 564 g/mol. The molecule has 0 bridgehead atoms. The lowest BCUT2D eigenvalue weighted by atomic mass is 10.1. The normalized spacial score (nSPS) is 15.1. The van der Waals surface area contributed by atoms with E-state index in [2.05, 4.69) is 50.1 Å². The van der Waals surface area contributed by atoms with Crippen molar-refractivity contribution in [3.05, 3.63) is 99.6 Å². The minimum absolute atomic E-state index is 0.259. The summed E-state index contributed by atoms with van der Waals surface area (Å²) in [6.07, 6.45) is 5.06. The Kier molecular flexibility index (Phi) is 8.12. The van der Waals surface area contributed by atoms with Gasteiger partial charge < -0.3 is 14.4 Å². The van der Waals surface area contributed by atoms with Crippen LogP contribution in [-0.4, -0.2) is 70.5 Å². The number of rotatable bonds is 8. The van der Waals surface area contributed by atoms with Crippen LogP contribution in [0.2, 0.25) is 0 Å². The molecular formula is C33H32N4O3S. The summed E-state index contributed by atoms with van der Waals surface area (Å²) >= 11 is 1.67. The van der Waals surface area contributed by atoms with Crippen LogP contribution >= 0.6 is 11.3 Å². The Bertz CT molecular complexity index is 1730. The molecular weight excluding hydrogens is 532 g/mol. The summed E-state index contributed by atoms with van der Waals surface area (Å²) in [5.74, 6) is 4.26. The molecule has 208 valence electrons. The second kappa shape index (κ2) is 12.2. The van der Waals surface area contributed by atoms with E-state index in [0.717, 1.165) is 69.7 Å². The van der Waals surface area contributed by atoms with Gasteiger partial charge in [-0.05, 0) is 35.6 Å². The van der Waals surface area contributed by atoms with E-state index in [4.69, 9.17) is 15.7 Å². The van der Waals surface area contributed by atoms with Crippen molar-refractivity contribution in [1.82, 2.24) is 19.9 Å². The summed E-state index contributed by atoms with van der Waals surface area (Å²) in [6.45, 7) is 7.08. The molecule has 0 radical (unpaired) electrons. The van der Waals surface area contributed by atoms with Crippen molar-refractivity contribution in [1.29, 1.82) is 0 Å². The van der Waals surface area contributed by atoms with E-state index < -0.39 is 6.10 Å². The quantitative estimate of drug-likeness (QED) is 0.258. The summed E-state index contributed by atoms with van der Waals surface area (Å²) in [6, 6.07) is 24.1. The van der Waals surface area contributed by atoms with Crippen molar-refractivity contribution in [3.8, 4) is 29.4 Å². The Morgan fingerprint density at radius 1 is 1.00 bits per heavy atom. The van der Waals surface area contributed by atoms with Gasteiger partial charge in [0.1, 0.15) is 24.2 Å². The average Bonchev–Trinajstić information content (AvgIpc) is 3.60. The number of fused-ring (bicyclic) bond motifs is 1. The van der Waals surface area contributed by atoms with Crippen molar-refractivity contribution < 1.29 is 14.4 Å². The molecule has 2 aliphatic carbocycles. The van der Waals surface area contributed by atoms with Crippen LogP contribution in [0.1, 0.15) is 16.3 Å². The Morgan fingerprint density at radius 3 is 2.44 bits per heavy atom. The molecule has 3 aliphatic rings. The van der Waals surface area contributed by atoms with Gasteiger partial charge in [-0.25, -0.2) is 4.98 Å². The lowest BCUT2D eigenvalue weighted by Crippen LogP contribution is -2.48. The predicted molar refractivity (Wildman–Crippen MR) is 162 cm³/mol. The first-order valence-electron chi connectivity index (χ1n) is 13.8. The minimum Gasteiger partial charge on any atom is -0.491 e. The third-order valence-electron chi connectivity index (χ3n) is 7.36.